The number of hydrogen-bond acceptors (Lipinski definition) is 6. The van der Waals surface area contributed by atoms with Gasteiger partial charge in [0.15, 0.2) is 0 Å². The molecule has 0 aliphatic carbocycles. The van der Waals surface area contributed by atoms with Crippen LogP contribution in [0.2, 0.25) is 0 Å². The molecule has 1 amide bonds. The summed E-state index contributed by atoms with van der Waals surface area (Å²) in [4.78, 5) is 35.2. The molecule has 31 heavy (non-hydrogen) atoms. The van der Waals surface area contributed by atoms with Gasteiger partial charge in [-0.15, -0.1) is 0 Å². The molecule has 172 valence electrons. The van der Waals surface area contributed by atoms with Gasteiger partial charge in [-0.05, 0) is 43.6 Å². The Morgan fingerprint density at radius 3 is 2.10 bits per heavy atom. The Hall–Kier alpha value is -2.56. The van der Waals surface area contributed by atoms with Gasteiger partial charge in [-0.1, -0.05) is 12.1 Å². The van der Waals surface area contributed by atoms with Crippen molar-refractivity contribution in [3.05, 3.63) is 35.6 Å². The van der Waals surface area contributed by atoms with Crippen molar-refractivity contribution >= 4 is 17.8 Å². The molecular weight excluding hydrogens is 409 g/mol. The fourth-order valence-electron chi connectivity index (χ4n) is 3.51. The number of carbonyl (C=O) groups excluding carboxylic acids is 1. The minimum atomic E-state index is -1.82. The Bertz CT molecular complexity index is 704. The highest BCUT2D eigenvalue weighted by atomic mass is 19.1. The highest BCUT2D eigenvalue weighted by Crippen LogP contribution is 2.19. The molecule has 1 aromatic rings. The number of amides is 1. The summed E-state index contributed by atoms with van der Waals surface area (Å²) in [6.07, 6.45) is 1.79. The summed E-state index contributed by atoms with van der Waals surface area (Å²) >= 11 is 0. The predicted molar refractivity (Wildman–Crippen MR) is 110 cm³/mol. The smallest absolute Gasteiger partial charge is 0.414 e. The molecule has 2 fully saturated rings. The molecule has 9 nitrogen and oxygen atoms in total. The van der Waals surface area contributed by atoms with E-state index in [1.807, 2.05) is 12.1 Å². The van der Waals surface area contributed by atoms with Crippen LogP contribution in [0.15, 0.2) is 24.3 Å². The molecule has 2 aliphatic rings. The van der Waals surface area contributed by atoms with Crippen LogP contribution in [0.3, 0.4) is 0 Å². The van der Waals surface area contributed by atoms with Crippen molar-refractivity contribution in [3.63, 3.8) is 0 Å². The summed E-state index contributed by atoms with van der Waals surface area (Å²) in [5, 5.41) is 17.9. The van der Waals surface area contributed by atoms with E-state index >= 15 is 0 Å². The quantitative estimate of drug-likeness (QED) is 0.553. The van der Waals surface area contributed by atoms with Crippen LogP contribution in [0, 0.1) is 11.7 Å². The SMILES string of the molecule is O=C(NCCN1CCOCC1)C1CCN(Cc2ccc(F)cc2)CC1.O=C(O)C(=O)O. The van der Waals surface area contributed by atoms with Gasteiger partial charge < -0.3 is 20.3 Å². The molecule has 2 heterocycles. The second-order valence-electron chi connectivity index (χ2n) is 7.53. The van der Waals surface area contributed by atoms with Gasteiger partial charge in [-0.3, -0.25) is 14.6 Å². The van der Waals surface area contributed by atoms with Crippen molar-refractivity contribution in [3.8, 4) is 0 Å². The molecule has 0 spiro atoms. The maximum Gasteiger partial charge on any atom is 0.414 e. The van der Waals surface area contributed by atoms with Crippen molar-refractivity contribution in [1.29, 1.82) is 0 Å². The largest absolute Gasteiger partial charge is 0.473 e. The number of ether oxygens (including phenoxy) is 1. The first kappa shape index (κ1) is 24.7. The van der Waals surface area contributed by atoms with Gasteiger partial charge in [0.1, 0.15) is 5.82 Å². The van der Waals surface area contributed by atoms with Crippen molar-refractivity contribution in [2.24, 2.45) is 5.92 Å². The lowest BCUT2D eigenvalue weighted by Gasteiger charge is -2.31. The monoisotopic (exact) mass is 439 g/mol. The van der Waals surface area contributed by atoms with Gasteiger partial charge in [-0.25, -0.2) is 14.0 Å². The molecule has 0 unspecified atom stereocenters. The molecule has 2 saturated heterocycles. The standard InChI is InChI=1S/C19H28FN3O2.C2H2O4/c20-18-3-1-16(2-4-18)15-23-8-5-17(6-9-23)19(24)21-7-10-22-11-13-25-14-12-22;3-1(4)2(5)6/h1-4,17H,5-15H2,(H,21,24);(H,3,4)(H,5,6). The normalized spacial score (nSPS) is 18.0. The average molecular weight is 439 g/mol. The Morgan fingerprint density at radius 1 is 0.968 bits per heavy atom. The van der Waals surface area contributed by atoms with Gasteiger partial charge in [0.25, 0.3) is 0 Å². The summed E-state index contributed by atoms with van der Waals surface area (Å²) in [6.45, 7) is 7.77. The molecule has 0 aromatic heterocycles. The molecule has 2 aliphatic heterocycles. The first-order valence-corrected chi connectivity index (χ1v) is 10.4. The molecule has 0 bridgehead atoms. The van der Waals surface area contributed by atoms with Crippen LogP contribution in [0.4, 0.5) is 4.39 Å². The van der Waals surface area contributed by atoms with Gasteiger partial charge in [-0.2, -0.15) is 0 Å². The third kappa shape index (κ3) is 9.41. The van der Waals surface area contributed by atoms with Crippen LogP contribution in [0.25, 0.3) is 0 Å². The van der Waals surface area contributed by atoms with E-state index in [9.17, 15) is 9.18 Å². The van der Waals surface area contributed by atoms with Gasteiger partial charge in [0.2, 0.25) is 5.91 Å². The second-order valence-corrected chi connectivity index (χ2v) is 7.53. The van der Waals surface area contributed by atoms with E-state index in [1.54, 1.807) is 0 Å². The van der Waals surface area contributed by atoms with Crippen LogP contribution in [0.1, 0.15) is 18.4 Å². The lowest BCUT2D eigenvalue weighted by atomic mass is 9.95. The molecule has 0 radical (unpaired) electrons. The number of likely N-dealkylation sites (tertiary alicyclic amines) is 1. The number of morpholine rings is 1. The first-order chi connectivity index (χ1) is 14.8. The first-order valence-electron chi connectivity index (χ1n) is 10.4. The lowest BCUT2D eigenvalue weighted by molar-refractivity contribution is -0.159. The van der Waals surface area contributed by atoms with Crippen molar-refractivity contribution in [1.82, 2.24) is 15.1 Å². The maximum absolute atomic E-state index is 13.0. The number of rotatable bonds is 6. The number of halogens is 1. The number of aliphatic carboxylic acids is 2. The number of piperidine rings is 1. The van der Waals surface area contributed by atoms with Crippen LogP contribution in [-0.2, 0) is 25.7 Å². The van der Waals surface area contributed by atoms with Crippen molar-refractivity contribution in [2.75, 3.05) is 52.5 Å². The van der Waals surface area contributed by atoms with Crippen LogP contribution in [0.5, 0.6) is 0 Å². The zero-order chi connectivity index (χ0) is 22.6. The van der Waals surface area contributed by atoms with E-state index in [1.165, 1.54) is 12.1 Å². The summed E-state index contributed by atoms with van der Waals surface area (Å²) in [6, 6.07) is 6.67. The Morgan fingerprint density at radius 2 is 1.55 bits per heavy atom. The fourth-order valence-corrected chi connectivity index (χ4v) is 3.51. The highest BCUT2D eigenvalue weighted by Gasteiger charge is 2.24. The highest BCUT2D eigenvalue weighted by molar-refractivity contribution is 6.27. The zero-order valence-corrected chi connectivity index (χ0v) is 17.5. The molecular formula is C21H30FN3O6. The second kappa shape index (κ2) is 13.0. The number of hydrogen-bond donors (Lipinski definition) is 3. The number of carboxylic acids is 2. The van der Waals surface area contributed by atoms with E-state index in [0.717, 1.165) is 70.9 Å². The molecule has 3 N–H and O–H groups in total. The fraction of sp³-hybridized carbons (Fsp3) is 0.571. The number of benzene rings is 1. The Labute approximate surface area is 180 Å². The minimum absolute atomic E-state index is 0.120. The predicted octanol–water partition coefficient (Wildman–Crippen LogP) is 0.642. The van der Waals surface area contributed by atoms with Crippen molar-refractivity contribution in [2.45, 2.75) is 19.4 Å². The van der Waals surface area contributed by atoms with Crippen LogP contribution in [-0.4, -0.2) is 90.3 Å². The molecule has 1 aromatic carbocycles. The molecule has 10 heteroatoms. The van der Waals surface area contributed by atoms with Gasteiger partial charge >= 0.3 is 11.9 Å². The zero-order valence-electron chi connectivity index (χ0n) is 17.5. The van der Waals surface area contributed by atoms with E-state index < -0.39 is 11.9 Å². The number of nitrogens with one attached hydrogen (secondary N) is 1. The number of nitrogens with zero attached hydrogens (tertiary/aromatic N) is 2. The maximum atomic E-state index is 13.0. The van der Waals surface area contributed by atoms with Gasteiger partial charge in [0, 0.05) is 38.6 Å². The third-order valence-electron chi connectivity index (χ3n) is 5.29. The van der Waals surface area contributed by atoms with Crippen molar-refractivity contribution < 1.29 is 33.7 Å². The van der Waals surface area contributed by atoms with E-state index in [-0.39, 0.29) is 17.6 Å². The van der Waals surface area contributed by atoms with E-state index in [4.69, 9.17) is 24.5 Å². The third-order valence-corrected chi connectivity index (χ3v) is 5.29. The number of carbonyl (C=O) groups is 3. The average Bonchev–Trinajstić information content (AvgIpc) is 2.77. The number of carboxylic acid groups (broad SMARTS) is 2. The topological polar surface area (TPSA) is 119 Å². The Balaban J connectivity index is 0.000000501. The summed E-state index contributed by atoms with van der Waals surface area (Å²) < 4.78 is 18.3. The molecule has 0 atom stereocenters. The van der Waals surface area contributed by atoms with Crippen LogP contribution < -0.4 is 5.32 Å². The van der Waals surface area contributed by atoms with E-state index in [2.05, 4.69) is 15.1 Å². The Kier molecular flexibility index (Phi) is 10.3. The van der Waals surface area contributed by atoms with E-state index in [0.29, 0.717) is 6.54 Å². The minimum Gasteiger partial charge on any atom is -0.473 e. The summed E-state index contributed by atoms with van der Waals surface area (Å²) in [7, 11) is 0. The van der Waals surface area contributed by atoms with Gasteiger partial charge in [0.05, 0.1) is 13.2 Å². The molecule has 0 saturated carbocycles. The molecule has 3 rings (SSSR count). The van der Waals surface area contributed by atoms with Crippen LogP contribution >= 0.6 is 0 Å². The summed E-state index contributed by atoms with van der Waals surface area (Å²) in [5.41, 5.74) is 1.12. The summed E-state index contributed by atoms with van der Waals surface area (Å²) in [5.74, 6) is -3.54. The lowest BCUT2D eigenvalue weighted by Crippen LogP contribution is -2.44.